The van der Waals surface area contributed by atoms with Crippen LogP contribution in [0.1, 0.15) is 112 Å². The van der Waals surface area contributed by atoms with Crippen LogP contribution in [0.5, 0.6) is 51.7 Å². The van der Waals surface area contributed by atoms with Gasteiger partial charge in [-0.3, -0.25) is 0 Å². The van der Waals surface area contributed by atoms with Crippen molar-refractivity contribution in [2.24, 2.45) is 21.1 Å². The molecule has 21 nitrogen and oxygen atoms in total. The van der Waals surface area contributed by atoms with Crippen LogP contribution in [-0.4, -0.2) is 177 Å². The third-order valence-corrected chi connectivity index (χ3v) is 27.4. The first-order valence-electron chi connectivity index (χ1n) is 40.9. The Bertz CT molecular complexity index is 5180. The van der Waals surface area contributed by atoms with E-state index in [9.17, 15) is 25.3 Å². The smallest absolute Gasteiger partial charge is 0.222 e. The second-order valence-corrected chi connectivity index (χ2v) is 36.7. The van der Waals surface area contributed by atoms with Gasteiger partial charge in [0.05, 0.1) is 77.2 Å². The highest BCUT2D eigenvalue weighted by molar-refractivity contribution is 7.92. The normalized spacial score (nSPS) is 11.9. The third kappa shape index (κ3) is 22.0. The number of para-hydroxylation sites is 3. The van der Waals surface area contributed by atoms with Crippen LogP contribution in [0.15, 0.2) is 230 Å². The summed E-state index contributed by atoms with van der Waals surface area (Å²) in [6.45, 7) is 19.2. The molecule has 0 spiro atoms. The lowest BCUT2D eigenvalue weighted by Gasteiger charge is -2.17. The summed E-state index contributed by atoms with van der Waals surface area (Å²) in [5, 5.41) is 4.00. The number of nitrogens with zero attached hydrogens (tertiary/aromatic N) is 6. The zero-order valence-electron chi connectivity index (χ0n) is 72.9. The predicted octanol–water partition coefficient (Wildman–Crippen LogP) is 18.3. The van der Waals surface area contributed by atoms with Crippen LogP contribution in [0.2, 0.25) is 0 Å². The van der Waals surface area contributed by atoms with Gasteiger partial charge in [-0.05, 0) is 238 Å². The molecule has 0 saturated heterocycles. The van der Waals surface area contributed by atoms with Crippen molar-refractivity contribution in [1.82, 2.24) is 28.4 Å². The molecule has 0 N–H and O–H groups in total. The van der Waals surface area contributed by atoms with E-state index in [0.29, 0.717) is 52.1 Å². The Balaban J connectivity index is 0.000000189. The van der Waals surface area contributed by atoms with E-state index in [2.05, 4.69) is 54.0 Å². The lowest BCUT2D eigenvalue weighted by atomic mass is 10.0. The van der Waals surface area contributed by atoms with E-state index in [1.807, 2.05) is 172 Å². The number of aromatic nitrogens is 3. The van der Waals surface area contributed by atoms with Crippen molar-refractivity contribution in [3.05, 3.63) is 234 Å². The van der Waals surface area contributed by atoms with Crippen LogP contribution in [0.3, 0.4) is 0 Å². The fourth-order valence-corrected chi connectivity index (χ4v) is 20.7. The van der Waals surface area contributed by atoms with Crippen LogP contribution >= 0.6 is 0 Å². The standard InChI is InChI=1S/3C32H40N2O5S/c3*1-23(2)31-27-10-7-8-11-28(27)34(4)32(31)40(35,36)26-15-13-25(14-16-26)39-21-9-19-33(3)20-18-24-12-17-29(37-5)30(22-24)38-6/h3*7-8,10-17,22-23H,9,18-21H2,1-6H3. The molecule has 12 rings (SSSR count). The molecule has 642 valence electrons. The molecule has 0 saturated carbocycles. The Morgan fingerprint density at radius 3 is 0.758 bits per heavy atom. The Labute approximate surface area is 711 Å². The van der Waals surface area contributed by atoms with Gasteiger partial charge in [0.2, 0.25) is 29.5 Å². The number of fused-ring (bicyclic) bond motifs is 3. The lowest BCUT2D eigenvalue weighted by Crippen LogP contribution is -2.23. The zero-order chi connectivity index (χ0) is 86.6. The Morgan fingerprint density at radius 2 is 0.533 bits per heavy atom. The summed E-state index contributed by atoms with van der Waals surface area (Å²) in [6.07, 6.45) is 5.29. The van der Waals surface area contributed by atoms with Gasteiger partial charge in [-0.15, -0.1) is 0 Å². The van der Waals surface area contributed by atoms with Gasteiger partial charge in [0.15, 0.2) is 34.5 Å². The summed E-state index contributed by atoms with van der Waals surface area (Å²) >= 11 is 0. The number of hydrogen-bond donors (Lipinski definition) is 0. The topological polar surface area (TPSA) is 210 Å². The van der Waals surface area contributed by atoms with Crippen LogP contribution in [-0.2, 0) is 69.9 Å². The van der Waals surface area contributed by atoms with Crippen molar-refractivity contribution in [3.63, 3.8) is 0 Å². The molecule has 12 aromatic rings. The second kappa shape index (κ2) is 42.2. The molecule has 0 aliphatic rings. The van der Waals surface area contributed by atoms with Crippen LogP contribution in [0.4, 0.5) is 0 Å². The van der Waals surface area contributed by atoms with E-state index < -0.39 is 29.5 Å². The van der Waals surface area contributed by atoms with Gasteiger partial charge in [-0.2, -0.15) is 0 Å². The lowest BCUT2D eigenvalue weighted by molar-refractivity contribution is 0.264. The Kier molecular flexibility index (Phi) is 32.3. The number of hydrogen-bond acceptors (Lipinski definition) is 18. The molecule has 9 aromatic carbocycles. The van der Waals surface area contributed by atoms with Gasteiger partial charge in [0, 0.05) is 93.1 Å². The molecule has 0 aliphatic heterocycles. The van der Waals surface area contributed by atoms with E-state index in [0.717, 1.165) is 162 Å². The fourth-order valence-electron chi connectivity index (χ4n) is 15.3. The first-order chi connectivity index (χ1) is 57.5. The maximum absolute atomic E-state index is 13.7. The van der Waals surface area contributed by atoms with E-state index in [1.54, 1.807) is 129 Å². The molecule has 0 unspecified atom stereocenters. The van der Waals surface area contributed by atoms with E-state index in [-0.39, 0.29) is 32.4 Å². The maximum atomic E-state index is 13.7. The summed E-state index contributed by atoms with van der Waals surface area (Å²) in [7, 11) is 10.5. The van der Waals surface area contributed by atoms with Crippen molar-refractivity contribution in [1.29, 1.82) is 0 Å². The van der Waals surface area contributed by atoms with Crippen molar-refractivity contribution < 1.29 is 67.9 Å². The van der Waals surface area contributed by atoms with Gasteiger partial charge < -0.3 is 71.0 Å². The third-order valence-electron chi connectivity index (χ3n) is 21.7. The van der Waals surface area contributed by atoms with Crippen molar-refractivity contribution in [2.45, 2.75) is 128 Å². The summed E-state index contributed by atoms with van der Waals surface area (Å²) in [4.78, 5) is 7.61. The van der Waals surface area contributed by atoms with Crippen molar-refractivity contribution in [3.8, 4) is 51.7 Å². The highest BCUT2D eigenvalue weighted by Gasteiger charge is 2.33. The minimum atomic E-state index is -3.71. The fraction of sp³-hybridized carbons (Fsp3) is 0.375. The number of methoxy groups -OCH3 is 6. The molecule has 3 aromatic heterocycles. The van der Waals surface area contributed by atoms with E-state index in [4.69, 9.17) is 42.6 Å². The molecule has 0 atom stereocenters. The van der Waals surface area contributed by atoms with E-state index in [1.165, 1.54) is 16.7 Å². The highest BCUT2D eigenvalue weighted by atomic mass is 32.2. The summed E-state index contributed by atoms with van der Waals surface area (Å²) in [6, 6.07) is 61.9. The van der Waals surface area contributed by atoms with Gasteiger partial charge in [-0.1, -0.05) is 114 Å². The molecule has 0 bridgehead atoms. The first kappa shape index (κ1) is 91.8. The molecule has 3 heterocycles. The predicted molar refractivity (Wildman–Crippen MR) is 479 cm³/mol. The Morgan fingerprint density at radius 1 is 0.300 bits per heavy atom. The molecule has 0 radical (unpaired) electrons. The molecule has 24 heteroatoms. The molecular formula is C96H120N6O15S3. The minimum absolute atomic E-state index is 0.0654. The van der Waals surface area contributed by atoms with Gasteiger partial charge in [0.1, 0.15) is 32.3 Å². The molecule has 0 aliphatic carbocycles. The largest absolute Gasteiger partial charge is 0.494 e. The van der Waals surface area contributed by atoms with Crippen LogP contribution in [0.25, 0.3) is 32.7 Å². The number of ether oxygens (including phenoxy) is 9. The monoisotopic (exact) mass is 1690 g/mol. The quantitative estimate of drug-likeness (QED) is 0.0328. The van der Waals surface area contributed by atoms with Crippen LogP contribution < -0.4 is 42.6 Å². The van der Waals surface area contributed by atoms with Crippen LogP contribution in [0, 0.1) is 0 Å². The SMILES string of the molecule is COc1ccc(CCN(C)CCCOc2ccc(S(=O)(=O)c3c(C(C)C)c4ccccc4n3C)cc2)cc1OC.COc1ccc(CCN(C)CCCOc2ccc(S(=O)(=O)c3c(C(C)C)c4ccccc4n3C)cc2)cc1OC.COc1ccc(CCN(C)CCCOc2ccc(S(=O)(=O)c3c(C(C)C)c4ccccc4n3C)cc2)cc1OC. The number of benzene rings is 9. The van der Waals surface area contributed by atoms with Gasteiger partial charge in [-0.25, -0.2) is 25.3 Å². The van der Waals surface area contributed by atoms with Gasteiger partial charge in [0.25, 0.3) is 0 Å². The molecule has 0 fully saturated rings. The minimum Gasteiger partial charge on any atom is -0.494 e. The molecule has 0 amide bonds. The number of rotatable bonds is 39. The Hall–Kier alpha value is -10.5. The molecule has 120 heavy (non-hydrogen) atoms. The zero-order valence-corrected chi connectivity index (χ0v) is 75.4. The molecular weight excluding hydrogens is 1570 g/mol. The van der Waals surface area contributed by atoms with Crippen molar-refractivity contribution >= 4 is 62.2 Å². The summed E-state index contributed by atoms with van der Waals surface area (Å²) < 4.78 is 138. The summed E-state index contributed by atoms with van der Waals surface area (Å²) in [5.74, 6) is 6.60. The number of likely N-dealkylation sites (N-methyl/N-ethyl adjacent to an activating group) is 3. The van der Waals surface area contributed by atoms with Gasteiger partial charge >= 0.3 is 0 Å². The summed E-state index contributed by atoms with van der Waals surface area (Å²) in [5.41, 5.74) is 8.89. The number of sulfone groups is 3. The average Bonchev–Trinajstić information content (AvgIpc) is 1.60. The second-order valence-electron chi connectivity index (χ2n) is 31.1. The first-order valence-corrected chi connectivity index (χ1v) is 45.3. The average molecular weight is 1690 g/mol. The maximum Gasteiger partial charge on any atom is 0.222 e. The van der Waals surface area contributed by atoms with Crippen molar-refractivity contribution in [2.75, 3.05) is 123 Å². The van der Waals surface area contributed by atoms with E-state index >= 15 is 0 Å². The highest BCUT2D eigenvalue weighted by Crippen LogP contribution is 2.42. The number of aryl methyl sites for hydroxylation is 3.